The second kappa shape index (κ2) is 6.38. The molecule has 3 heteroatoms. The van der Waals surface area contributed by atoms with Crippen molar-refractivity contribution in [3.63, 3.8) is 0 Å². The molecule has 0 aromatic heterocycles. The Bertz CT molecular complexity index is 283. The molecule has 0 fully saturated rings. The van der Waals surface area contributed by atoms with E-state index < -0.39 is 0 Å². The summed E-state index contributed by atoms with van der Waals surface area (Å²) in [7, 11) is 0. The zero-order chi connectivity index (χ0) is 10.2. The molecule has 0 atom stereocenters. The summed E-state index contributed by atoms with van der Waals surface area (Å²) in [6, 6.07) is 10.3. The minimum atomic E-state index is 0.829. The van der Waals surface area contributed by atoms with Gasteiger partial charge in [0.25, 0.3) is 0 Å². The average molecular weight is 208 g/mol. The van der Waals surface area contributed by atoms with Crippen molar-refractivity contribution in [1.82, 2.24) is 5.32 Å². The molecule has 0 aliphatic carbocycles. The number of benzene rings is 1. The molecule has 1 aromatic rings. The Kier molecular flexibility index (Phi) is 5.00. The van der Waals surface area contributed by atoms with Crippen LogP contribution in [0.4, 0.5) is 0 Å². The molecule has 2 nitrogen and oxygen atoms in total. The Hall–Kier alpha value is -1.09. The van der Waals surface area contributed by atoms with E-state index in [4.69, 9.17) is 5.73 Å². The second-order valence-corrected chi connectivity index (χ2v) is 3.93. The number of nitrogens with two attached hydrogens (primary N) is 1. The third kappa shape index (κ3) is 4.23. The summed E-state index contributed by atoms with van der Waals surface area (Å²) in [5.41, 5.74) is 7.07. The second-order valence-electron chi connectivity index (χ2n) is 2.88. The average Bonchev–Trinajstić information content (AvgIpc) is 2.25. The Labute approximate surface area is 89.6 Å². The molecule has 14 heavy (non-hydrogen) atoms. The third-order valence-corrected chi connectivity index (χ3v) is 2.63. The van der Waals surface area contributed by atoms with Gasteiger partial charge in [0.05, 0.1) is 5.03 Å². The van der Waals surface area contributed by atoms with Crippen molar-refractivity contribution in [2.75, 3.05) is 6.54 Å². The molecule has 0 aliphatic rings. The van der Waals surface area contributed by atoms with Crippen LogP contribution in [0.3, 0.4) is 0 Å². The van der Waals surface area contributed by atoms with Crippen LogP contribution in [-0.4, -0.2) is 6.54 Å². The fourth-order valence-corrected chi connectivity index (χ4v) is 1.68. The fraction of sp³-hybridized carbons (Fsp3) is 0.273. The lowest BCUT2D eigenvalue weighted by molar-refractivity contribution is 0.914. The minimum Gasteiger partial charge on any atom is -0.392 e. The van der Waals surface area contributed by atoms with Gasteiger partial charge < -0.3 is 11.1 Å². The number of hydrogen-bond acceptors (Lipinski definition) is 3. The molecule has 0 saturated heterocycles. The predicted molar refractivity (Wildman–Crippen MR) is 63.7 cm³/mol. The Morgan fingerprint density at radius 3 is 2.79 bits per heavy atom. The lowest BCUT2D eigenvalue weighted by Crippen LogP contribution is -2.06. The summed E-state index contributed by atoms with van der Waals surface area (Å²) in [4.78, 5) is 0. The van der Waals surface area contributed by atoms with Crippen molar-refractivity contribution < 1.29 is 0 Å². The first kappa shape index (κ1) is 11.0. The van der Waals surface area contributed by atoms with Gasteiger partial charge in [-0.3, -0.25) is 0 Å². The molecule has 0 radical (unpaired) electrons. The molecule has 76 valence electrons. The number of hydrogen-bond donors (Lipinski definition) is 2. The maximum Gasteiger partial charge on any atom is 0.0818 e. The first-order valence-corrected chi connectivity index (χ1v) is 5.67. The van der Waals surface area contributed by atoms with E-state index in [1.54, 1.807) is 11.8 Å². The summed E-state index contributed by atoms with van der Waals surface area (Å²) in [5, 5.41) is 3.91. The molecule has 0 heterocycles. The van der Waals surface area contributed by atoms with Crippen LogP contribution in [0.5, 0.6) is 0 Å². The predicted octanol–water partition coefficient (Wildman–Crippen LogP) is 2.29. The van der Waals surface area contributed by atoms with Gasteiger partial charge in [0.2, 0.25) is 0 Å². The van der Waals surface area contributed by atoms with Crippen molar-refractivity contribution >= 4 is 11.8 Å². The van der Waals surface area contributed by atoms with Crippen LogP contribution in [0.2, 0.25) is 0 Å². The normalized spacial score (nSPS) is 11.4. The molecular formula is C11H16N2S. The Balaban J connectivity index is 2.34. The van der Waals surface area contributed by atoms with E-state index in [1.807, 2.05) is 31.3 Å². The summed E-state index contributed by atoms with van der Waals surface area (Å²) in [5.74, 6) is 0.925. The monoisotopic (exact) mass is 208 g/mol. The zero-order valence-corrected chi connectivity index (χ0v) is 9.18. The molecule has 1 aromatic carbocycles. The van der Waals surface area contributed by atoms with Crippen molar-refractivity contribution in [3.05, 3.63) is 47.1 Å². The summed E-state index contributed by atoms with van der Waals surface area (Å²) < 4.78 is 0. The van der Waals surface area contributed by atoms with Gasteiger partial charge in [0.1, 0.15) is 0 Å². The molecule has 0 aliphatic heterocycles. The van der Waals surface area contributed by atoms with Crippen LogP contribution in [0.1, 0.15) is 12.5 Å². The van der Waals surface area contributed by atoms with Crippen LogP contribution in [0, 0.1) is 0 Å². The summed E-state index contributed by atoms with van der Waals surface area (Å²) >= 11 is 1.65. The molecule has 0 amide bonds. The van der Waals surface area contributed by atoms with Crippen LogP contribution in [0.15, 0.2) is 41.6 Å². The molecule has 1 rings (SSSR count). The Morgan fingerprint density at radius 1 is 1.43 bits per heavy atom. The molecule has 0 unspecified atom stereocenters. The lowest BCUT2D eigenvalue weighted by Gasteiger charge is -2.02. The highest BCUT2D eigenvalue weighted by molar-refractivity contribution is 8.02. The highest BCUT2D eigenvalue weighted by Crippen LogP contribution is 2.16. The van der Waals surface area contributed by atoms with E-state index in [2.05, 4.69) is 17.4 Å². The fourth-order valence-electron chi connectivity index (χ4n) is 0.985. The standard InChI is InChI=1S/C11H16N2S/c1-2-13-8-11(12)14-9-10-6-4-3-5-7-10/h3-8,13H,2,9,12H2,1H3/b11-8+. The van der Waals surface area contributed by atoms with Crippen LogP contribution in [0.25, 0.3) is 0 Å². The van der Waals surface area contributed by atoms with Gasteiger partial charge in [-0.15, -0.1) is 11.8 Å². The van der Waals surface area contributed by atoms with E-state index in [1.165, 1.54) is 5.56 Å². The quantitative estimate of drug-likeness (QED) is 0.779. The van der Waals surface area contributed by atoms with Gasteiger partial charge in [0.15, 0.2) is 0 Å². The minimum absolute atomic E-state index is 0.829. The maximum atomic E-state index is 5.77. The van der Waals surface area contributed by atoms with Gasteiger partial charge >= 0.3 is 0 Å². The molecule has 0 spiro atoms. The highest BCUT2D eigenvalue weighted by Gasteiger charge is 1.93. The van der Waals surface area contributed by atoms with Crippen molar-refractivity contribution in [2.45, 2.75) is 12.7 Å². The summed E-state index contributed by atoms with van der Waals surface area (Å²) in [6.07, 6.45) is 1.85. The van der Waals surface area contributed by atoms with E-state index in [-0.39, 0.29) is 0 Å². The summed E-state index contributed by atoms with van der Waals surface area (Å²) in [6.45, 7) is 2.96. The van der Waals surface area contributed by atoms with E-state index in [9.17, 15) is 0 Å². The van der Waals surface area contributed by atoms with Gasteiger partial charge in [-0.2, -0.15) is 0 Å². The van der Waals surface area contributed by atoms with E-state index >= 15 is 0 Å². The highest BCUT2D eigenvalue weighted by atomic mass is 32.2. The van der Waals surface area contributed by atoms with Gasteiger partial charge in [-0.05, 0) is 12.5 Å². The number of nitrogens with one attached hydrogen (secondary N) is 1. The molecule has 3 N–H and O–H groups in total. The van der Waals surface area contributed by atoms with Crippen molar-refractivity contribution in [2.24, 2.45) is 5.73 Å². The Morgan fingerprint density at radius 2 is 2.14 bits per heavy atom. The first-order chi connectivity index (χ1) is 6.83. The molecular weight excluding hydrogens is 192 g/mol. The SMILES string of the molecule is CCN/C=C(\N)SCc1ccccc1. The van der Waals surface area contributed by atoms with Crippen LogP contribution >= 0.6 is 11.8 Å². The smallest absolute Gasteiger partial charge is 0.0818 e. The molecule has 0 bridgehead atoms. The van der Waals surface area contributed by atoms with Crippen LogP contribution in [-0.2, 0) is 5.75 Å². The van der Waals surface area contributed by atoms with Gasteiger partial charge in [-0.1, -0.05) is 30.3 Å². The van der Waals surface area contributed by atoms with E-state index in [0.29, 0.717) is 0 Å². The topological polar surface area (TPSA) is 38.0 Å². The molecule has 0 saturated carbocycles. The first-order valence-electron chi connectivity index (χ1n) is 4.68. The lowest BCUT2D eigenvalue weighted by atomic mass is 10.2. The van der Waals surface area contributed by atoms with Gasteiger partial charge in [-0.25, -0.2) is 0 Å². The number of rotatable bonds is 5. The third-order valence-electron chi connectivity index (χ3n) is 1.70. The van der Waals surface area contributed by atoms with Gasteiger partial charge in [0, 0.05) is 18.5 Å². The van der Waals surface area contributed by atoms with Crippen molar-refractivity contribution in [3.8, 4) is 0 Å². The zero-order valence-electron chi connectivity index (χ0n) is 8.36. The number of thioether (sulfide) groups is 1. The van der Waals surface area contributed by atoms with Crippen molar-refractivity contribution in [1.29, 1.82) is 0 Å². The maximum absolute atomic E-state index is 5.77. The largest absolute Gasteiger partial charge is 0.392 e. The van der Waals surface area contributed by atoms with Crippen LogP contribution < -0.4 is 11.1 Å². The van der Waals surface area contributed by atoms with E-state index in [0.717, 1.165) is 17.3 Å².